The summed E-state index contributed by atoms with van der Waals surface area (Å²) in [6.07, 6.45) is 2.65. The molecule has 0 aliphatic rings. The number of nitrogens with zero attached hydrogens (tertiary/aromatic N) is 1. The molecule has 0 radical (unpaired) electrons. The van der Waals surface area contributed by atoms with Crippen molar-refractivity contribution in [2.75, 3.05) is 20.6 Å². The van der Waals surface area contributed by atoms with Gasteiger partial charge in [-0.15, -0.1) is 0 Å². The Bertz CT molecular complexity index is 867. The zero-order valence-corrected chi connectivity index (χ0v) is 16.5. The number of hydrogen-bond donors (Lipinski definition) is 1. The van der Waals surface area contributed by atoms with E-state index in [0.29, 0.717) is 12.1 Å². The minimum Gasteiger partial charge on any atom is -0.352 e. The number of unbranched alkanes of at least 4 members (excludes halogenated alkanes) is 1. The molecule has 1 amide bonds. The van der Waals surface area contributed by atoms with Gasteiger partial charge in [0.15, 0.2) is 0 Å². The predicted molar refractivity (Wildman–Crippen MR) is 104 cm³/mol. The van der Waals surface area contributed by atoms with Gasteiger partial charge in [-0.1, -0.05) is 29.8 Å². The van der Waals surface area contributed by atoms with Crippen molar-refractivity contribution < 1.29 is 13.2 Å². The summed E-state index contributed by atoms with van der Waals surface area (Å²) in [5, 5.41) is 3.56. The number of sulfonamides is 1. The molecule has 0 aromatic heterocycles. The van der Waals surface area contributed by atoms with Crippen molar-refractivity contribution in [3.05, 3.63) is 64.7 Å². The summed E-state index contributed by atoms with van der Waals surface area (Å²) >= 11 is 5.96. The lowest BCUT2D eigenvalue weighted by Crippen LogP contribution is -2.26. The molecule has 7 heteroatoms. The second kappa shape index (κ2) is 9.16. The van der Waals surface area contributed by atoms with Crippen LogP contribution in [-0.4, -0.2) is 39.3 Å². The smallest absolute Gasteiger partial charge is 0.251 e. The van der Waals surface area contributed by atoms with Gasteiger partial charge < -0.3 is 5.32 Å². The first-order valence-corrected chi connectivity index (χ1v) is 10.2. The van der Waals surface area contributed by atoms with Crippen LogP contribution in [-0.2, 0) is 16.4 Å². The van der Waals surface area contributed by atoms with Crippen molar-refractivity contribution in [3.63, 3.8) is 0 Å². The van der Waals surface area contributed by atoms with Gasteiger partial charge in [0.05, 0.1) is 4.90 Å². The maximum absolute atomic E-state index is 12.2. The summed E-state index contributed by atoms with van der Waals surface area (Å²) in [6.45, 7) is 0.532. The van der Waals surface area contributed by atoms with E-state index in [1.165, 1.54) is 31.8 Å². The molecule has 140 valence electrons. The third-order valence-electron chi connectivity index (χ3n) is 3.94. The average molecular weight is 395 g/mol. The minimum absolute atomic E-state index is 0.108. The average Bonchev–Trinajstić information content (AvgIpc) is 2.61. The summed E-state index contributed by atoms with van der Waals surface area (Å²) < 4.78 is 25.4. The van der Waals surface area contributed by atoms with E-state index < -0.39 is 10.0 Å². The lowest BCUT2D eigenvalue weighted by molar-refractivity contribution is 0.0953. The third kappa shape index (κ3) is 5.56. The Kier molecular flexibility index (Phi) is 7.20. The van der Waals surface area contributed by atoms with Crippen LogP contribution in [0.5, 0.6) is 0 Å². The van der Waals surface area contributed by atoms with E-state index >= 15 is 0 Å². The summed E-state index contributed by atoms with van der Waals surface area (Å²) in [5.41, 5.74) is 1.51. The van der Waals surface area contributed by atoms with Crippen molar-refractivity contribution in [1.29, 1.82) is 0 Å². The number of benzene rings is 2. The first kappa shape index (κ1) is 20.4. The molecular weight excluding hydrogens is 372 g/mol. The lowest BCUT2D eigenvalue weighted by Gasteiger charge is -2.12. The summed E-state index contributed by atoms with van der Waals surface area (Å²) in [4.78, 5) is 12.3. The van der Waals surface area contributed by atoms with Crippen LogP contribution < -0.4 is 5.32 Å². The van der Waals surface area contributed by atoms with Crippen LogP contribution in [0.15, 0.2) is 53.4 Å². The van der Waals surface area contributed by atoms with Crippen molar-refractivity contribution in [1.82, 2.24) is 9.62 Å². The van der Waals surface area contributed by atoms with Gasteiger partial charge in [-0.25, -0.2) is 12.7 Å². The Hall–Kier alpha value is -1.89. The maximum Gasteiger partial charge on any atom is 0.251 e. The standard InChI is InChI=1S/C19H23ClN2O3S/c1-22(2)26(24,25)18-11-6-9-16(14-18)19(23)21-12-4-3-7-15-8-5-10-17(20)13-15/h5-6,8-11,13-14H,3-4,7,12H2,1-2H3,(H,21,23). The molecule has 0 aliphatic carbocycles. The minimum atomic E-state index is -3.55. The number of aryl methyl sites for hydroxylation is 1. The molecule has 0 aliphatic heterocycles. The quantitative estimate of drug-likeness (QED) is 0.698. The van der Waals surface area contributed by atoms with E-state index in [9.17, 15) is 13.2 Å². The molecule has 0 bridgehead atoms. The Balaban J connectivity index is 1.85. The van der Waals surface area contributed by atoms with Gasteiger partial charge in [0.1, 0.15) is 0 Å². The fraction of sp³-hybridized carbons (Fsp3) is 0.316. The van der Waals surface area contributed by atoms with Gasteiger partial charge in [0.2, 0.25) is 10.0 Å². The molecule has 5 nitrogen and oxygen atoms in total. The van der Waals surface area contributed by atoms with Crippen LogP contribution in [0.2, 0.25) is 5.02 Å². The van der Waals surface area contributed by atoms with Crippen molar-refractivity contribution in [2.24, 2.45) is 0 Å². The SMILES string of the molecule is CN(C)S(=O)(=O)c1cccc(C(=O)NCCCCc2cccc(Cl)c2)c1. The number of nitrogens with one attached hydrogen (secondary N) is 1. The Morgan fingerprint density at radius 1 is 1.08 bits per heavy atom. The van der Waals surface area contributed by atoms with E-state index in [2.05, 4.69) is 5.32 Å². The van der Waals surface area contributed by atoms with Gasteiger partial charge in [-0.2, -0.15) is 0 Å². The molecule has 2 aromatic carbocycles. The Morgan fingerprint density at radius 3 is 2.50 bits per heavy atom. The van der Waals surface area contributed by atoms with Crippen molar-refractivity contribution in [2.45, 2.75) is 24.2 Å². The number of amides is 1. The molecule has 2 aromatic rings. The predicted octanol–water partition coefficient (Wildman–Crippen LogP) is 3.34. The Morgan fingerprint density at radius 2 is 1.81 bits per heavy atom. The number of hydrogen-bond acceptors (Lipinski definition) is 3. The van der Waals surface area contributed by atoms with Crippen molar-refractivity contribution >= 4 is 27.5 Å². The van der Waals surface area contributed by atoms with Crippen LogP contribution in [0, 0.1) is 0 Å². The van der Waals surface area contributed by atoms with Crippen molar-refractivity contribution in [3.8, 4) is 0 Å². The summed E-state index contributed by atoms with van der Waals surface area (Å²) in [5.74, 6) is -0.274. The monoisotopic (exact) mass is 394 g/mol. The molecule has 0 atom stereocenters. The molecule has 2 rings (SSSR count). The van der Waals surface area contributed by atoms with Gasteiger partial charge >= 0.3 is 0 Å². The van der Waals surface area contributed by atoms with Gasteiger partial charge in [-0.05, 0) is 55.2 Å². The molecule has 0 saturated carbocycles. The zero-order valence-electron chi connectivity index (χ0n) is 14.9. The number of rotatable bonds is 8. The molecule has 0 heterocycles. The summed E-state index contributed by atoms with van der Waals surface area (Å²) in [7, 11) is -0.633. The highest BCUT2D eigenvalue weighted by molar-refractivity contribution is 7.89. The first-order chi connectivity index (χ1) is 12.3. The van der Waals surface area contributed by atoms with Crippen LogP contribution >= 0.6 is 11.6 Å². The van der Waals surface area contributed by atoms with Crippen LogP contribution in [0.25, 0.3) is 0 Å². The largest absolute Gasteiger partial charge is 0.352 e. The fourth-order valence-electron chi connectivity index (χ4n) is 2.46. The van der Waals surface area contributed by atoms with Gasteiger partial charge in [-0.3, -0.25) is 4.79 Å². The fourth-order valence-corrected chi connectivity index (χ4v) is 3.62. The van der Waals surface area contributed by atoms with E-state index in [0.717, 1.165) is 28.6 Å². The van der Waals surface area contributed by atoms with Crippen LogP contribution in [0.3, 0.4) is 0 Å². The molecule has 1 N–H and O–H groups in total. The topological polar surface area (TPSA) is 66.5 Å². The van der Waals surface area contributed by atoms with Crippen LogP contribution in [0.4, 0.5) is 0 Å². The number of carbonyl (C=O) groups excluding carboxylic acids is 1. The molecule has 0 unspecified atom stereocenters. The highest BCUT2D eigenvalue weighted by Crippen LogP contribution is 2.15. The van der Waals surface area contributed by atoms with Gasteiger partial charge in [0, 0.05) is 31.2 Å². The van der Waals surface area contributed by atoms with E-state index in [-0.39, 0.29) is 10.8 Å². The Labute approximate surface area is 160 Å². The maximum atomic E-state index is 12.2. The second-order valence-electron chi connectivity index (χ2n) is 6.16. The van der Waals surface area contributed by atoms with E-state index in [1.807, 2.05) is 24.3 Å². The van der Waals surface area contributed by atoms with Crippen LogP contribution in [0.1, 0.15) is 28.8 Å². The first-order valence-electron chi connectivity index (χ1n) is 8.36. The normalized spacial score (nSPS) is 11.5. The molecule has 26 heavy (non-hydrogen) atoms. The van der Waals surface area contributed by atoms with Gasteiger partial charge in [0.25, 0.3) is 5.91 Å². The molecule has 0 spiro atoms. The van der Waals surface area contributed by atoms with E-state index in [1.54, 1.807) is 12.1 Å². The number of carbonyl (C=O) groups is 1. The number of halogens is 1. The molecule has 0 fully saturated rings. The van der Waals surface area contributed by atoms with E-state index in [4.69, 9.17) is 11.6 Å². The molecular formula is C19H23ClN2O3S. The molecule has 0 saturated heterocycles. The third-order valence-corrected chi connectivity index (χ3v) is 5.99. The second-order valence-corrected chi connectivity index (χ2v) is 8.75. The highest BCUT2D eigenvalue weighted by atomic mass is 35.5. The highest BCUT2D eigenvalue weighted by Gasteiger charge is 2.18. The zero-order chi connectivity index (χ0) is 19.2. The summed E-state index contributed by atoms with van der Waals surface area (Å²) in [6, 6.07) is 13.8. The lowest BCUT2D eigenvalue weighted by atomic mass is 10.1.